The number of anilines is 4. The molecule has 0 bridgehead atoms. The van der Waals surface area contributed by atoms with Crippen molar-refractivity contribution in [1.29, 1.82) is 0 Å². The van der Waals surface area contributed by atoms with Crippen LogP contribution >= 0.6 is 0 Å². The summed E-state index contributed by atoms with van der Waals surface area (Å²) in [5.74, 6) is 2.02. The summed E-state index contributed by atoms with van der Waals surface area (Å²) in [7, 11) is 0. The number of para-hydroxylation sites is 2. The van der Waals surface area contributed by atoms with Crippen LogP contribution in [0.25, 0.3) is 61.0 Å². The Balaban J connectivity index is 0.00000618. The number of hydrogen-bond acceptors (Lipinski definition) is 4. The van der Waals surface area contributed by atoms with Gasteiger partial charge in [-0.1, -0.05) is 211 Å². The Kier molecular flexibility index (Phi) is 12.8. The van der Waals surface area contributed by atoms with Gasteiger partial charge in [-0.25, -0.2) is 4.98 Å². The molecule has 81 heavy (non-hydrogen) atoms. The van der Waals surface area contributed by atoms with Crippen LogP contribution in [-0.2, 0) is 37.3 Å². The second-order valence-electron chi connectivity index (χ2n) is 23.3. The fourth-order valence-electron chi connectivity index (χ4n) is 12.4. The zero-order valence-corrected chi connectivity index (χ0v) is 48.5. The van der Waals surface area contributed by atoms with E-state index in [0.29, 0.717) is 11.5 Å². The smallest absolute Gasteiger partial charge is 0.135 e. The molecule has 0 saturated heterocycles. The molecule has 5 nitrogen and oxygen atoms in total. The molecular weight excluding hydrogens is 1170 g/mol. The first-order valence-corrected chi connectivity index (χ1v) is 27.7. The molecular formula is C75H59N4OPt-3. The Morgan fingerprint density at radius 1 is 0.457 bits per heavy atom. The molecule has 398 valence electrons. The average Bonchev–Trinajstić information content (AvgIpc) is 4.24. The minimum absolute atomic E-state index is 0. The van der Waals surface area contributed by atoms with E-state index in [1.54, 1.807) is 0 Å². The van der Waals surface area contributed by atoms with Crippen LogP contribution in [0.1, 0.15) is 74.9 Å². The van der Waals surface area contributed by atoms with Crippen molar-refractivity contribution in [2.75, 3.05) is 9.80 Å². The third kappa shape index (κ3) is 8.69. The Labute approximate surface area is 490 Å². The van der Waals surface area contributed by atoms with E-state index in [9.17, 15) is 0 Å². The van der Waals surface area contributed by atoms with E-state index in [4.69, 9.17) is 9.72 Å². The summed E-state index contributed by atoms with van der Waals surface area (Å²) < 4.78 is 9.09. The van der Waals surface area contributed by atoms with Gasteiger partial charge in [-0.3, -0.25) is 0 Å². The summed E-state index contributed by atoms with van der Waals surface area (Å²) in [6, 6.07) is 93.3. The van der Waals surface area contributed by atoms with E-state index < -0.39 is 5.41 Å². The molecule has 0 N–H and O–H groups in total. The molecule has 1 aliphatic heterocycles. The maximum atomic E-state index is 6.84. The van der Waals surface area contributed by atoms with Crippen LogP contribution in [0.15, 0.2) is 243 Å². The first-order valence-electron chi connectivity index (χ1n) is 27.7. The van der Waals surface area contributed by atoms with Crippen LogP contribution in [0.2, 0.25) is 0 Å². The monoisotopic (exact) mass is 1230 g/mol. The molecule has 10 aromatic carbocycles. The van der Waals surface area contributed by atoms with Crippen molar-refractivity contribution >= 4 is 44.6 Å². The number of ether oxygens (including phenoxy) is 1. The molecule has 0 unspecified atom stereocenters. The number of benzene rings is 10. The third-order valence-corrected chi connectivity index (χ3v) is 16.3. The summed E-state index contributed by atoms with van der Waals surface area (Å²) >= 11 is 0. The van der Waals surface area contributed by atoms with Crippen molar-refractivity contribution < 1.29 is 25.8 Å². The summed E-state index contributed by atoms with van der Waals surface area (Å²) in [4.78, 5) is 9.60. The number of hydrogen-bond donors (Lipinski definition) is 0. The molecule has 12 aromatic rings. The maximum Gasteiger partial charge on any atom is 0.135 e. The molecule has 14 rings (SSSR count). The van der Waals surface area contributed by atoms with Gasteiger partial charge in [0.2, 0.25) is 0 Å². The van der Waals surface area contributed by atoms with E-state index in [1.165, 1.54) is 44.5 Å². The van der Waals surface area contributed by atoms with E-state index in [1.807, 2.05) is 24.4 Å². The number of rotatable bonds is 9. The fourth-order valence-corrected chi connectivity index (χ4v) is 12.4. The Morgan fingerprint density at radius 2 is 1.00 bits per heavy atom. The van der Waals surface area contributed by atoms with Crippen LogP contribution in [0.4, 0.5) is 22.7 Å². The van der Waals surface area contributed by atoms with E-state index in [0.717, 1.165) is 72.6 Å². The molecule has 6 heteroatoms. The van der Waals surface area contributed by atoms with Crippen molar-refractivity contribution in [2.24, 2.45) is 0 Å². The van der Waals surface area contributed by atoms with Crippen molar-refractivity contribution in [1.82, 2.24) is 9.55 Å². The Bertz CT molecular complexity index is 4240. The van der Waals surface area contributed by atoms with Crippen LogP contribution in [0.5, 0.6) is 11.5 Å². The van der Waals surface area contributed by atoms with Crippen molar-refractivity contribution in [3.8, 4) is 50.7 Å². The van der Waals surface area contributed by atoms with Crippen LogP contribution in [-0.4, -0.2) is 9.55 Å². The van der Waals surface area contributed by atoms with Gasteiger partial charge in [-0.05, 0) is 114 Å². The molecule has 0 saturated carbocycles. The molecule has 0 spiro atoms. The largest absolute Gasteiger partial charge is 0.509 e. The van der Waals surface area contributed by atoms with Gasteiger partial charge in [0.25, 0.3) is 0 Å². The topological polar surface area (TPSA) is 33.5 Å². The van der Waals surface area contributed by atoms with Crippen molar-refractivity contribution in [3.63, 3.8) is 0 Å². The van der Waals surface area contributed by atoms with Crippen LogP contribution in [0.3, 0.4) is 0 Å². The summed E-state index contributed by atoms with van der Waals surface area (Å²) in [6.07, 6.45) is 1.92. The number of pyridine rings is 1. The standard InChI is InChI=1S/C75H59N4O.Pt/c1-73(2,3)53-37-39-61-62-40-38-58(48-70(62)79(69(61)45-53)71-46-54(41-42-76-71)74(4,5)6)80-57-30-22-29-56(47-57)77-49-78(68-36-21-20-35-67(68)77)72-63(50-23-10-7-11-24-50)43-55(44-64(72)51-25-12-8-13-26-51)75(52-27-14-9-15-28-52)65-33-18-16-31-59(65)60-32-17-19-34-66(60)75;/h7-46,49H,1-6H3;/q-3;. The SMILES string of the molecule is CC(C)(C)c1ccnc(-n2c3[c-]c(Oc4[c-]c(N5[CH-]N(c6c(-c7ccccc7)cc(C7(c8ccccc8)c8ccccc8-c8ccccc87)cc6-c6ccccc6)c6ccccc65)ccc4)ccc3c3ccc(C(C)(C)C)cc32)c1.[Pt]. The van der Waals surface area contributed by atoms with E-state index >= 15 is 0 Å². The van der Waals surface area contributed by atoms with Gasteiger partial charge in [0, 0.05) is 72.5 Å². The van der Waals surface area contributed by atoms with E-state index in [2.05, 4.69) is 293 Å². The third-order valence-electron chi connectivity index (χ3n) is 16.3. The van der Waals surface area contributed by atoms with Crippen molar-refractivity contribution in [2.45, 2.75) is 57.8 Å². The van der Waals surface area contributed by atoms with Gasteiger partial charge >= 0.3 is 0 Å². The second kappa shape index (κ2) is 20.1. The zero-order chi connectivity index (χ0) is 54.3. The minimum atomic E-state index is -0.614. The van der Waals surface area contributed by atoms with Gasteiger partial charge in [0.15, 0.2) is 0 Å². The number of aromatic nitrogens is 2. The normalized spacial score (nSPS) is 13.5. The van der Waals surface area contributed by atoms with Gasteiger partial charge in [-0.2, -0.15) is 12.1 Å². The molecule has 3 heterocycles. The van der Waals surface area contributed by atoms with Gasteiger partial charge < -0.3 is 19.1 Å². The molecule has 2 aliphatic rings. The van der Waals surface area contributed by atoms with Crippen LogP contribution < -0.4 is 14.5 Å². The summed E-state index contributed by atoms with van der Waals surface area (Å²) in [5.41, 5.74) is 19.7. The fraction of sp³-hybridized carbons (Fsp3) is 0.120. The van der Waals surface area contributed by atoms with Crippen LogP contribution in [0, 0.1) is 18.8 Å². The Morgan fingerprint density at radius 3 is 1.63 bits per heavy atom. The molecule has 0 radical (unpaired) electrons. The maximum absolute atomic E-state index is 6.84. The van der Waals surface area contributed by atoms with Gasteiger partial charge in [-0.15, -0.1) is 48.1 Å². The summed E-state index contributed by atoms with van der Waals surface area (Å²) in [6.45, 7) is 15.7. The minimum Gasteiger partial charge on any atom is -0.509 e. The second-order valence-corrected chi connectivity index (χ2v) is 23.3. The predicted molar refractivity (Wildman–Crippen MR) is 330 cm³/mol. The molecule has 0 atom stereocenters. The molecule has 1 aliphatic carbocycles. The predicted octanol–water partition coefficient (Wildman–Crippen LogP) is 19.3. The summed E-state index contributed by atoms with van der Waals surface area (Å²) in [5, 5.41) is 2.23. The van der Waals surface area contributed by atoms with E-state index in [-0.39, 0.29) is 31.9 Å². The molecule has 0 fully saturated rings. The molecule has 0 amide bonds. The van der Waals surface area contributed by atoms with Crippen molar-refractivity contribution in [3.05, 3.63) is 295 Å². The molecule has 2 aromatic heterocycles. The Hall–Kier alpha value is -8.76. The number of nitrogens with zero attached hydrogens (tertiary/aromatic N) is 4. The zero-order valence-electron chi connectivity index (χ0n) is 46.2. The van der Waals surface area contributed by atoms with Gasteiger partial charge in [0.1, 0.15) is 5.82 Å². The first kappa shape index (κ1) is 51.7. The number of fused-ring (bicyclic) bond motifs is 7. The van der Waals surface area contributed by atoms with Gasteiger partial charge in [0.05, 0.1) is 5.41 Å². The average molecular weight is 1230 g/mol. The first-order chi connectivity index (χ1) is 38.9. The quantitative estimate of drug-likeness (QED) is 0.135.